The lowest BCUT2D eigenvalue weighted by molar-refractivity contribution is 0.628. The van der Waals surface area contributed by atoms with Gasteiger partial charge in [-0.05, 0) is 23.3 Å². The lowest BCUT2D eigenvalue weighted by Crippen LogP contribution is -1.89. The normalized spacial score (nSPS) is 10.8. The second kappa shape index (κ2) is 4.62. The molecule has 0 spiro atoms. The summed E-state index contributed by atoms with van der Waals surface area (Å²) in [6, 6.07) is 14.3. The van der Waals surface area contributed by atoms with E-state index >= 15 is 0 Å². The van der Waals surface area contributed by atoms with Crippen LogP contribution in [-0.2, 0) is 0 Å². The van der Waals surface area contributed by atoms with E-state index in [9.17, 15) is 4.39 Å². The molecule has 0 unspecified atom stereocenters. The molecule has 2 aromatic carbocycles. The summed E-state index contributed by atoms with van der Waals surface area (Å²) in [6.45, 7) is 0. The molecule has 0 aliphatic rings. The molecule has 1 nitrogen and oxygen atoms in total. The maximum absolute atomic E-state index is 12.8. The minimum Gasteiger partial charge on any atom is -0.398 e. The quantitative estimate of drug-likeness (QED) is 0.599. The van der Waals surface area contributed by atoms with Gasteiger partial charge in [-0.2, -0.15) is 0 Å². The van der Waals surface area contributed by atoms with Gasteiger partial charge in [0.25, 0.3) is 0 Å². The van der Waals surface area contributed by atoms with Crippen LogP contribution in [0, 0.1) is 5.82 Å². The lowest BCUT2D eigenvalue weighted by Gasteiger charge is -1.99. The third kappa shape index (κ3) is 2.48. The Morgan fingerprint density at radius 3 is 2.38 bits per heavy atom. The van der Waals surface area contributed by atoms with Crippen LogP contribution in [0.3, 0.4) is 0 Å². The third-order valence-electron chi connectivity index (χ3n) is 2.30. The number of halogens is 1. The van der Waals surface area contributed by atoms with Crippen LogP contribution in [-0.4, -0.2) is 0 Å². The van der Waals surface area contributed by atoms with Crippen molar-refractivity contribution < 1.29 is 4.39 Å². The first-order valence-electron chi connectivity index (χ1n) is 5.04. The highest BCUT2D eigenvalue weighted by atomic mass is 19.1. The van der Waals surface area contributed by atoms with Crippen LogP contribution in [0.2, 0.25) is 0 Å². The molecule has 0 aliphatic heterocycles. The fourth-order valence-electron chi connectivity index (χ4n) is 1.45. The molecule has 0 amide bonds. The number of hydrogen-bond acceptors (Lipinski definition) is 1. The van der Waals surface area contributed by atoms with Gasteiger partial charge in [-0.25, -0.2) is 4.39 Å². The smallest absolute Gasteiger partial charge is 0.125 e. The first-order valence-corrected chi connectivity index (χ1v) is 5.04. The Bertz CT molecular complexity index is 503. The highest BCUT2D eigenvalue weighted by Gasteiger charge is 1.96. The van der Waals surface area contributed by atoms with Gasteiger partial charge < -0.3 is 5.73 Å². The van der Waals surface area contributed by atoms with Crippen molar-refractivity contribution in [1.82, 2.24) is 0 Å². The minimum absolute atomic E-state index is 0.311. The zero-order valence-corrected chi connectivity index (χ0v) is 8.73. The van der Waals surface area contributed by atoms with E-state index in [2.05, 4.69) is 0 Å². The van der Waals surface area contributed by atoms with Crippen LogP contribution in [0.15, 0.2) is 48.5 Å². The van der Waals surface area contributed by atoms with Crippen molar-refractivity contribution in [2.45, 2.75) is 0 Å². The van der Waals surface area contributed by atoms with Crippen molar-refractivity contribution in [2.24, 2.45) is 0 Å². The zero-order chi connectivity index (χ0) is 11.4. The standard InChI is InChI=1S/C14H12FN/c15-13-9-8-12(14(16)10-13)7-6-11-4-2-1-3-5-11/h1-10H,16H2/b7-6+. The van der Waals surface area contributed by atoms with Crippen LogP contribution >= 0.6 is 0 Å². The number of hydrogen-bond donors (Lipinski definition) is 1. The fraction of sp³-hybridized carbons (Fsp3) is 0. The molecule has 2 N–H and O–H groups in total. The summed E-state index contributed by atoms with van der Waals surface area (Å²) in [5, 5.41) is 0. The molecular formula is C14H12FN. The molecule has 0 saturated carbocycles. The molecule has 2 heteroatoms. The van der Waals surface area contributed by atoms with Crippen molar-refractivity contribution in [2.75, 3.05) is 5.73 Å². The molecule has 80 valence electrons. The first kappa shape index (κ1) is 10.4. The van der Waals surface area contributed by atoms with E-state index in [1.165, 1.54) is 12.1 Å². The van der Waals surface area contributed by atoms with E-state index in [0.29, 0.717) is 5.69 Å². The van der Waals surface area contributed by atoms with E-state index in [1.807, 2.05) is 42.5 Å². The van der Waals surface area contributed by atoms with Gasteiger partial charge in [0.05, 0.1) is 0 Å². The predicted octanol–water partition coefficient (Wildman–Crippen LogP) is 3.58. The Kier molecular flexibility index (Phi) is 3.01. The van der Waals surface area contributed by atoms with Gasteiger partial charge in [0.1, 0.15) is 5.82 Å². The number of nitrogen functional groups attached to an aromatic ring is 1. The lowest BCUT2D eigenvalue weighted by atomic mass is 10.1. The van der Waals surface area contributed by atoms with E-state index in [-0.39, 0.29) is 5.82 Å². The third-order valence-corrected chi connectivity index (χ3v) is 2.30. The van der Waals surface area contributed by atoms with Crippen LogP contribution in [0.5, 0.6) is 0 Å². The van der Waals surface area contributed by atoms with Gasteiger partial charge in [-0.3, -0.25) is 0 Å². The Morgan fingerprint density at radius 1 is 0.938 bits per heavy atom. The molecule has 0 aromatic heterocycles. The topological polar surface area (TPSA) is 26.0 Å². The van der Waals surface area contributed by atoms with Crippen molar-refractivity contribution in [3.8, 4) is 0 Å². The van der Waals surface area contributed by atoms with Gasteiger partial charge in [0, 0.05) is 5.69 Å². The maximum atomic E-state index is 12.8. The predicted molar refractivity (Wildman–Crippen MR) is 66.2 cm³/mol. The maximum Gasteiger partial charge on any atom is 0.125 e. The molecule has 0 bridgehead atoms. The van der Waals surface area contributed by atoms with Crippen LogP contribution in [0.25, 0.3) is 12.2 Å². The number of nitrogens with two attached hydrogens (primary N) is 1. The summed E-state index contributed by atoms with van der Waals surface area (Å²) in [7, 11) is 0. The Balaban J connectivity index is 2.24. The first-order chi connectivity index (χ1) is 7.75. The number of rotatable bonds is 2. The van der Waals surface area contributed by atoms with E-state index in [1.54, 1.807) is 6.07 Å². The molecular weight excluding hydrogens is 201 g/mol. The highest BCUT2D eigenvalue weighted by molar-refractivity contribution is 5.75. The van der Waals surface area contributed by atoms with Crippen molar-refractivity contribution in [1.29, 1.82) is 0 Å². The van der Waals surface area contributed by atoms with Crippen molar-refractivity contribution in [3.05, 3.63) is 65.5 Å². The number of anilines is 1. The largest absolute Gasteiger partial charge is 0.398 e. The van der Waals surface area contributed by atoms with Gasteiger partial charge in [-0.15, -0.1) is 0 Å². The molecule has 0 radical (unpaired) electrons. The average molecular weight is 213 g/mol. The summed E-state index contributed by atoms with van der Waals surface area (Å²) in [5.41, 5.74) is 8.06. The minimum atomic E-state index is -0.311. The van der Waals surface area contributed by atoms with Crippen LogP contribution in [0.1, 0.15) is 11.1 Å². The SMILES string of the molecule is Nc1cc(F)ccc1/C=C/c1ccccc1. The molecule has 2 rings (SSSR count). The number of benzene rings is 2. The Labute approximate surface area is 94.0 Å². The molecule has 16 heavy (non-hydrogen) atoms. The summed E-state index contributed by atoms with van der Waals surface area (Å²) in [4.78, 5) is 0. The molecule has 2 aromatic rings. The summed E-state index contributed by atoms with van der Waals surface area (Å²) in [5.74, 6) is -0.311. The van der Waals surface area contributed by atoms with Gasteiger partial charge in [0.2, 0.25) is 0 Å². The average Bonchev–Trinajstić information content (AvgIpc) is 2.29. The summed E-state index contributed by atoms with van der Waals surface area (Å²) >= 11 is 0. The summed E-state index contributed by atoms with van der Waals surface area (Å²) in [6.07, 6.45) is 3.83. The van der Waals surface area contributed by atoms with E-state index < -0.39 is 0 Å². The van der Waals surface area contributed by atoms with Crippen LogP contribution in [0.4, 0.5) is 10.1 Å². The molecule has 0 fully saturated rings. The van der Waals surface area contributed by atoms with Gasteiger partial charge in [-0.1, -0.05) is 48.6 Å². The van der Waals surface area contributed by atoms with Crippen molar-refractivity contribution in [3.63, 3.8) is 0 Å². The molecule has 0 heterocycles. The Hall–Kier alpha value is -2.09. The van der Waals surface area contributed by atoms with E-state index in [0.717, 1.165) is 11.1 Å². The van der Waals surface area contributed by atoms with Crippen LogP contribution < -0.4 is 5.73 Å². The highest BCUT2D eigenvalue weighted by Crippen LogP contribution is 2.16. The van der Waals surface area contributed by atoms with Gasteiger partial charge in [0.15, 0.2) is 0 Å². The molecule has 0 atom stereocenters. The fourth-order valence-corrected chi connectivity index (χ4v) is 1.45. The molecule has 0 aliphatic carbocycles. The second-order valence-corrected chi connectivity index (χ2v) is 3.52. The zero-order valence-electron chi connectivity index (χ0n) is 8.73. The summed E-state index contributed by atoms with van der Waals surface area (Å²) < 4.78 is 12.8. The monoisotopic (exact) mass is 213 g/mol. The Morgan fingerprint density at radius 2 is 1.69 bits per heavy atom. The second-order valence-electron chi connectivity index (χ2n) is 3.52. The van der Waals surface area contributed by atoms with E-state index in [4.69, 9.17) is 5.73 Å². The van der Waals surface area contributed by atoms with Gasteiger partial charge >= 0.3 is 0 Å². The van der Waals surface area contributed by atoms with Crippen molar-refractivity contribution >= 4 is 17.8 Å². The molecule has 0 saturated heterocycles.